The molecule has 0 aliphatic rings. The first kappa shape index (κ1) is 8.77. The van der Waals surface area contributed by atoms with Gasteiger partial charge < -0.3 is 5.43 Å². The van der Waals surface area contributed by atoms with Gasteiger partial charge in [0, 0.05) is 9.79 Å². The van der Waals surface area contributed by atoms with E-state index in [4.69, 9.17) is 5.84 Å². The van der Waals surface area contributed by atoms with Crippen molar-refractivity contribution in [2.24, 2.45) is 5.84 Å². The highest BCUT2D eigenvalue weighted by Crippen LogP contribution is 2.24. The van der Waals surface area contributed by atoms with Crippen LogP contribution in [0.2, 0.25) is 0 Å². The first-order valence-electron chi connectivity index (χ1n) is 3.11. The SMILES string of the molecule is CSc1ccc(NN)c(S)c1. The standard InChI is InChI=1S/C7H10N2S2/c1-11-5-2-3-6(9-8)7(10)4-5/h2-4,9-10H,8H2,1H3. The van der Waals surface area contributed by atoms with Crippen molar-refractivity contribution in [3.8, 4) is 0 Å². The molecular formula is C7H10N2S2. The van der Waals surface area contributed by atoms with Gasteiger partial charge in [0.15, 0.2) is 0 Å². The summed E-state index contributed by atoms with van der Waals surface area (Å²) in [5.74, 6) is 5.24. The highest BCUT2D eigenvalue weighted by atomic mass is 32.2. The number of hydrogen-bond acceptors (Lipinski definition) is 4. The van der Waals surface area contributed by atoms with Crippen LogP contribution in [0, 0.1) is 0 Å². The van der Waals surface area contributed by atoms with Crippen molar-refractivity contribution in [2.45, 2.75) is 9.79 Å². The van der Waals surface area contributed by atoms with E-state index in [0.717, 1.165) is 10.6 Å². The fraction of sp³-hybridized carbons (Fsp3) is 0.143. The molecule has 0 fully saturated rings. The number of thiol groups is 1. The molecule has 0 aromatic heterocycles. The molecule has 0 saturated heterocycles. The van der Waals surface area contributed by atoms with Crippen molar-refractivity contribution in [2.75, 3.05) is 11.7 Å². The van der Waals surface area contributed by atoms with Crippen molar-refractivity contribution in [1.82, 2.24) is 0 Å². The quantitative estimate of drug-likeness (QED) is 0.286. The summed E-state index contributed by atoms with van der Waals surface area (Å²) in [6, 6.07) is 5.89. The Morgan fingerprint density at radius 2 is 2.27 bits per heavy atom. The van der Waals surface area contributed by atoms with Gasteiger partial charge in [0.25, 0.3) is 0 Å². The van der Waals surface area contributed by atoms with Crippen LogP contribution in [0.1, 0.15) is 0 Å². The van der Waals surface area contributed by atoms with Crippen LogP contribution < -0.4 is 11.3 Å². The van der Waals surface area contributed by atoms with Crippen LogP contribution in [-0.2, 0) is 0 Å². The van der Waals surface area contributed by atoms with E-state index in [0.29, 0.717) is 0 Å². The Hall–Kier alpha value is -0.320. The van der Waals surface area contributed by atoms with Gasteiger partial charge in [-0.1, -0.05) is 0 Å². The monoisotopic (exact) mass is 186 g/mol. The molecule has 0 unspecified atom stereocenters. The Kier molecular flexibility index (Phi) is 3.11. The van der Waals surface area contributed by atoms with E-state index in [1.54, 1.807) is 11.8 Å². The fourth-order valence-electron chi connectivity index (χ4n) is 0.760. The number of thioether (sulfide) groups is 1. The van der Waals surface area contributed by atoms with Crippen molar-refractivity contribution < 1.29 is 0 Å². The zero-order valence-electron chi connectivity index (χ0n) is 6.16. The molecule has 0 aliphatic heterocycles. The van der Waals surface area contributed by atoms with Gasteiger partial charge in [-0.2, -0.15) is 0 Å². The van der Waals surface area contributed by atoms with Gasteiger partial charge in [0.05, 0.1) is 5.69 Å². The highest BCUT2D eigenvalue weighted by molar-refractivity contribution is 7.98. The summed E-state index contributed by atoms with van der Waals surface area (Å²) in [4.78, 5) is 2.06. The van der Waals surface area contributed by atoms with Crippen LogP contribution in [-0.4, -0.2) is 6.26 Å². The summed E-state index contributed by atoms with van der Waals surface area (Å²) in [6.45, 7) is 0. The van der Waals surface area contributed by atoms with E-state index in [-0.39, 0.29) is 0 Å². The number of nitrogen functional groups attached to an aromatic ring is 1. The summed E-state index contributed by atoms with van der Waals surface area (Å²) in [5, 5.41) is 0. The zero-order valence-corrected chi connectivity index (χ0v) is 7.88. The summed E-state index contributed by atoms with van der Waals surface area (Å²) in [5.41, 5.74) is 3.41. The van der Waals surface area contributed by atoms with Crippen LogP contribution in [0.4, 0.5) is 5.69 Å². The second-order valence-corrected chi connectivity index (χ2v) is 3.39. The smallest absolute Gasteiger partial charge is 0.0619 e. The second kappa shape index (κ2) is 3.90. The van der Waals surface area contributed by atoms with Crippen LogP contribution in [0.15, 0.2) is 28.0 Å². The first-order valence-corrected chi connectivity index (χ1v) is 4.78. The molecule has 0 bridgehead atoms. The van der Waals surface area contributed by atoms with Gasteiger partial charge in [-0.25, -0.2) is 0 Å². The predicted octanol–water partition coefficient (Wildman–Crippen LogP) is 1.98. The molecule has 0 atom stereocenters. The average Bonchev–Trinajstić information content (AvgIpc) is 2.04. The number of anilines is 1. The Balaban J connectivity index is 2.99. The Morgan fingerprint density at radius 1 is 1.55 bits per heavy atom. The normalized spacial score (nSPS) is 9.73. The van der Waals surface area contributed by atoms with Gasteiger partial charge >= 0.3 is 0 Å². The lowest BCUT2D eigenvalue weighted by Crippen LogP contribution is -2.07. The third-order valence-corrected chi connectivity index (χ3v) is 2.46. The van der Waals surface area contributed by atoms with Gasteiger partial charge in [0.2, 0.25) is 0 Å². The molecular weight excluding hydrogens is 176 g/mol. The molecule has 1 aromatic rings. The molecule has 0 spiro atoms. The van der Waals surface area contributed by atoms with Gasteiger partial charge in [0.1, 0.15) is 0 Å². The molecule has 0 amide bonds. The van der Waals surface area contributed by atoms with Crippen LogP contribution >= 0.6 is 24.4 Å². The minimum atomic E-state index is 0.853. The molecule has 0 radical (unpaired) electrons. The van der Waals surface area contributed by atoms with Crippen molar-refractivity contribution >= 4 is 30.1 Å². The molecule has 4 heteroatoms. The average molecular weight is 186 g/mol. The highest BCUT2D eigenvalue weighted by Gasteiger charge is 1.96. The third kappa shape index (κ3) is 2.05. The van der Waals surface area contributed by atoms with E-state index < -0.39 is 0 Å². The largest absolute Gasteiger partial charge is 0.323 e. The van der Waals surface area contributed by atoms with Crippen LogP contribution in [0.5, 0.6) is 0 Å². The zero-order chi connectivity index (χ0) is 8.27. The Labute approximate surface area is 75.9 Å². The van der Waals surface area contributed by atoms with Crippen LogP contribution in [0.3, 0.4) is 0 Å². The molecule has 60 valence electrons. The molecule has 11 heavy (non-hydrogen) atoms. The van der Waals surface area contributed by atoms with E-state index in [1.807, 2.05) is 24.5 Å². The molecule has 0 saturated carbocycles. The number of nitrogens with one attached hydrogen (secondary N) is 1. The molecule has 0 aliphatic carbocycles. The molecule has 1 aromatic carbocycles. The first-order chi connectivity index (χ1) is 5.27. The lowest BCUT2D eigenvalue weighted by molar-refractivity contribution is 1.26. The fourth-order valence-corrected chi connectivity index (χ4v) is 1.57. The number of nitrogens with two attached hydrogens (primary N) is 1. The minimum Gasteiger partial charge on any atom is -0.323 e. The summed E-state index contributed by atoms with van der Waals surface area (Å²) in [6.07, 6.45) is 2.03. The molecule has 2 nitrogen and oxygen atoms in total. The predicted molar refractivity (Wildman–Crippen MR) is 53.3 cm³/mol. The summed E-state index contributed by atoms with van der Waals surface area (Å²) < 4.78 is 0. The van der Waals surface area contributed by atoms with Crippen molar-refractivity contribution in [3.05, 3.63) is 18.2 Å². The summed E-state index contributed by atoms with van der Waals surface area (Å²) >= 11 is 5.93. The summed E-state index contributed by atoms with van der Waals surface area (Å²) in [7, 11) is 0. The van der Waals surface area contributed by atoms with E-state index in [9.17, 15) is 0 Å². The Bertz CT molecular complexity index is 250. The van der Waals surface area contributed by atoms with Gasteiger partial charge in [-0.3, -0.25) is 5.84 Å². The third-order valence-electron chi connectivity index (χ3n) is 1.36. The maximum Gasteiger partial charge on any atom is 0.0619 e. The van der Waals surface area contributed by atoms with Gasteiger partial charge in [-0.05, 0) is 24.5 Å². The van der Waals surface area contributed by atoms with E-state index in [1.165, 1.54) is 4.90 Å². The number of benzene rings is 1. The number of rotatable bonds is 2. The van der Waals surface area contributed by atoms with Crippen molar-refractivity contribution in [1.29, 1.82) is 0 Å². The lowest BCUT2D eigenvalue weighted by Gasteiger charge is -2.04. The lowest BCUT2D eigenvalue weighted by atomic mass is 10.3. The maximum absolute atomic E-state index is 5.24. The minimum absolute atomic E-state index is 0.853. The molecule has 3 N–H and O–H groups in total. The molecule has 1 rings (SSSR count). The molecule has 0 heterocycles. The topological polar surface area (TPSA) is 38.0 Å². The van der Waals surface area contributed by atoms with E-state index >= 15 is 0 Å². The maximum atomic E-state index is 5.24. The number of hydrazine groups is 1. The van der Waals surface area contributed by atoms with Crippen molar-refractivity contribution in [3.63, 3.8) is 0 Å². The Morgan fingerprint density at radius 3 is 2.73 bits per heavy atom. The van der Waals surface area contributed by atoms with Crippen LogP contribution in [0.25, 0.3) is 0 Å². The van der Waals surface area contributed by atoms with Gasteiger partial charge in [-0.15, -0.1) is 24.4 Å². The number of hydrogen-bond donors (Lipinski definition) is 3. The second-order valence-electron chi connectivity index (χ2n) is 2.03. The van der Waals surface area contributed by atoms with E-state index in [2.05, 4.69) is 18.1 Å².